The molecule has 0 saturated carbocycles. The van der Waals surface area contributed by atoms with Crippen LogP contribution in [0.25, 0.3) is 22.6 Å². The molecule has 0 radical (unpaired) electrons. The SMILES string of the molecule is C=CC=CC(=CC)c1cc(C(N)=O)c2[nH]cc(C=C3CCN(C(=O)OC(C)(C)C)CC3)c2c1. The van der Waals surface area contributed by atoms with Crippen molar-refractivity contribution >= 4 is 34.6 Å². The number of primary amides is 1. The van der Waals surface area contributed by atoms with Gasteiger partial charge in [-0.1, -0.05) is 42.5 Å². The monoisotopic (exact) mass is 447 g/mol. The first-order valence-electron chi connectivity index (χ1n) is 11.2. The number of piperidine rings is 1. The minimum Gasteiger partial charge on any atom is -0.444 e. The molecule has 0 aliphatic carbocycles. The van der Waals surface area contributed by atoms with E-state index in [-0.39, 0.29) is 6.09 Å². The standard InChI is InChI=1S/C27H33N3O3/c1-6-8-9-19(7-2)20-15-22-21(17-29-24(22)23(16-20)25(28)31)14-18-10-12-30(13-11-18)26(32)33-27(3,4)5/h6-9,14-17,29H,1,10-13H2,2-5H3,(H2,28,31). The molecule has 1 aliphatic rings. The van der Waals surface area contributed by atoms with Gasteiger partial charge in [0.1, 0.15) is 5.60 Å². The van der Waals surface area contributed by atoms with E-state index in [1.54, 1.807) is 11.0 Å². The number of hydrogen-bond acceptors (Lipinski definition) is 3. The summed E-state index contributed by atoms with van der Waals surface area (Å²) in [6, 6.07) is 3.89. The number of nitrogens with one attached hydrogen (secondary N) is 1. The first-order chi connectivity index (χ1) is 15.6. The van der Waals surface area contributed by atoms with Gasteiger partial charge in [-0.2, -0.15) is 0 Å². The van der Waals surface area contributed by atoms with Crippen LogP contribution in [0.2, 0.25) is 0 Å². The fourth-order valence-electron chi connectivity index (χ4n) is 3.93. The summed E-state index contributed by atoms with van der Waals surface area (Å²) in [6.45, 7) is 12.5. The van der Waals surface area contributed by atoms with Crippen LogP contribution in [-0.4, -0.2) is 40.6 Å². The number of aromatic nitrogens is 1. The molecule has 0 unspecified atom stereocenters. The van der Waals surface area contributed by atoms with E-state index in [0.29, 0.717) is 18.7 Å². The Kier molecular flexibility index (Phi) is 7.26. The highest BCUT2D eigenvalue weighted by atomic mass is 16.6. The van der Waals surface area contributed by atoms with Gasteiger partial charge in [0.2, 0.25) is 0 Å². The molecule has 0 bridgehead atoms. The number of carbonyl (C=O) groups is 2. The van der Waals surface area contributed by atoms with Gasteiger partial charge < -0.3 is 20.4 Å². The predicted molar refractivity (Wildman–Crippen MR) is 135 cm³/mol. The lowest BCUT2D eigenvalue weighted by atomic mass is 9.96. The Morgan fingerprint density at radius 2 is 1.91 bits per heavy atom. The fraction of sp³-hybridized carbons (Fsp3) is 0.333. The van der Waals surface area contributed by atoms with E-state index in [1.807, 2.05) is 58.2 Å². The Hall–Kier alpha value is -3.54. The zero-order valence-corrected chi connectivity index (χ0v) is 19.9. The number of nitrogens with two attached hydrogens (primary N) is 1. The van der Waals surface area contributed by atoms with Crippen molar-refractivity contribution in [3.05, 3.63) is 71.5 Å². The van der Waals surface area contributed by atoms with Crippen molar-refractivity contribution < 1.29 is 14.3 Å². The van der Waals surface area contributed by atoms with Crippen molar-refractivity contribution in [3.63, 3.8) is 0 Å². The number of likely N-dealkylation sites (tertiary alicyclic amines) is 1. The third kappa shape index (κ3) is 5.83. The first kappa shape index (κ1) is 24.1. The highest BCUT2D eigenvalue weighted by molar-refractivity contribution is 6.08. The normalized spacial score (nSPS) is 15.2. The average Bonchev–Trinajstić information content (AvgIpc) is 3.15. The number of carbonyl (C=O) groups excluding carboxylic acids is 2. The van der Waals surface area contributed by atoms with Crippen LogP contribution in [0.4, 0.5) is 4.79 Å². The van der Waals surface area contributed by atoms with E-state index in [1.165, 1.54) is 5.57 Å². The molecule has 3 N–H and O–H groups in total. The molecule has 3 rings (SSSR count). The summed E-state index contributed by atoms with van der Waals surface area (Å²) in [7, 11) is 0. The van der Waals surface area contributed by atoms with Gasteiger partial charge in [0.05, 0.1) is 11.1 Å². The third-order valence-corrected chi connectivity index (χ3v) is 5.56. The van der Waals surface area contributed by atoms with Crippen LogP contribution >= 0.6 is 0 Å². The van der Waals surface area contributed by atoms with Gasteiger partial charge in [-0.3, -0.25) is 4.79 Å². The minimum absolute atomic E-state index is 0.268. The summed E-state index contributed by atoms with van der Waals surface area (Å²) >= 11 is 0. The summed E-state index contributed by atoms with van der Waals surface area (Å²) in [4.78, 5) is 29.5. The number of allylic oxidation sites excluding steroid dienone is 5. The third-order valence-electron chi connectivity index (χ3n) is 5.56. The molecular formula is C27H33N3O3. The Morgan fingerprint density at radius 3 is 2.48 bits per heavy atom. The highest BCUT2D eigenvalue weighted by Gasteiger charge is 2.25. The molecule has 2 heterocycles. The maximum atomic E-state index is 12.3. The van der Waals surface area contributed by atoms with Gasteiger partial charge >= 0.3 is 6.09 Å². The van der Waals surface area contributed by atoms with E-state index < -0.39 is 11.5 Å². The van der Waals surface area contributed by atoms with E-state index >= 15 is 0 Å². The fourth-order valence-corrected chi connectivity index (χ4v) is 3.93. The summed E-state index contributed by atoms with van der Waals surface area (Å²) in [5.41, 5.74) is 10.5. The largest absolute Gasteiger partial charge is 0.444 e. The lowest BCUT2D eigenvalue weighted by molar-refractivity contribution is 0.0236. The van der Waals surface area contributed by atoms with Gasteiger partial charge in [0, 0.05) is 24.7 Å². The molecule has 174 valence electrons. The van der Waals surface area contributed by atoms with Crippen LogP contribution in [-0.2, 0) is 4.74 Å². The highest BCUT2D eigenvalue weighted by Crippen LogP contribution is 2.30. The number of H-pyrrole nitrogens is 1. The number of fused-ring (bicyclic) bond motifs is 1. The van der Waals surface area contributed by atoms with Gasteiger partial charge in [-0.15, -0.1) is 0 Å². The number of ether oxygens (including phenoxy) is 1. The van der Waals surface area contributed by atoms with Crippen molar-refractivity contribution in [3.8, 4) is 0 Å². The summed E-state index contributed by atoms with van der Waals surface area (Å²) in [5, 5.41) is 0.940. The first-order valence-corrected chi connectivity index (χ1v) is 11.2. The topological polar surface area (TPSA) is 88.4 Å². The van der Waals surface area contributed by atoms with Crippen molar-refractivity contribution in [1.82, 2.24) is 9.88 Å². The van der Waals surface area contributed by atoms with Gasteiger partial charge in [-0.25, -0.2) is 4.79 Å². The average molecular weight is 448 g/mol. The summed E-state index contributed by atoms with van der Waals surface area (Å²) in [5.74, 6) is -0.475. The second-order valence-electron chi connectivity index (χ2n) is 9.16. The second-order valence-corrected chi connectivity index (χ2v) is 9.16. The van der Waals surface area contributed by atoms with Crippen molar-refractivity contribution in [1.29, 1.82) is 0 Å². The molecule has 6 nitrogen and oxygen atoms in total. The molecule has 1 saturated heterocycles. The Bertz CT molecular complexity index is 1150. The quantitative estimate of drug-likeness (QED) is 0.566. The molecule has 6 heteroatoms. The zero-order valence-electron chi connectivity index (χ0n) is 19.9. The number of rotatable bonds is 5. The molecular weight excluding hydrogens is 414 g/mol. The maximum absolute atomic E-state index is 12.3. The number of aromatic amines is 1. The van der Waals surface area contributed by atoms with Crippen LogP contribution in [0.15, 0.2) is 54.8 Å². The van der Waals surface area contributed by atoms with Gasteiger partial charge in [-0.05, 0) is 69.4 Å². The number of benzene rings is 1. The molecule has 1 aromatic heterocycles. The van der Waals surface area contributed by atoms with Gasteiger partial charge in [0.25, 0.3) is 5.91 Å². The molecule has 1 aliphatic heterocycles. The molecule has 1 aromatic carbocycles. The number of hydrogen-bond donors (Lipinski definition) is 2. The van der Waals surface area contributed by atoms with Crippen LogP contribution in [0.3, 0.4) is 0 Å². The summed E-state index contributed by atoms with van der Waals surface area (Å²) < 4.78 is 5.49. The van der Waals surface area contributed by atoms with Crippen molar-refractivity contribution in [2.45, 2.75) is 46.1 Å². The van der Waals surface area contributed by atoms with Gasteiger partial charge in [0.15, 0.2) is 0 Å². The molecule has 0 spiro atoms. The molecule has 0 atom stereocenters. The Morgan fingerprint density at radius 1 is 1.21 bits per heavy atom. The Labute approximate surface area is 195 Å². The van der Waals surface area contributed by atoms with Crippen LogP contribution < -0.4 is 5.73 Å². The van der Waals surface area contributed by atoms with Crippen molar-refractivity contribution in [2.24, 2.45) is 5.73 Å². The van der Waals surface area contributed by atoms with E-state index in [0.717, 1.165) is 40.4 Å². The molecule has 2 aromatic rings. The lowest BCUT2D eigenvalue weighted by Gasteiger charge is -2.31. The van der Waals surface area contributed by atoms with Crippen LogP contribution in [0, 0.1) is 0 Å². The predicted octanol–water partition coefficient (Wildman–Crippen LogP) is 5.83. The van der Waals surface area contributed by atoms with E-state index in [2.05, 4.69) is 23.7 Å². The zero-order chi connectivity index (χ0) is 24.2. The summed E-state index contributed by atoms with van der Waals surface area (Å²) in [6.07, 6.45) is 12.9. The van der Waals surface area contributed by atoms with Crippen molar-refractivity contribution in [2.75, 3.05) is 13.1 Å². The maximum Gasteiger partial charge on any atom is 0.410 e. The second kappa shape index (κ2) is 9.94. The van der Waals surface area contributed by atoms with E-state index in [4.69, 9.17) is 10.5 Å². The van der Waals surface area contributed by atoms with E-state index in [9.17, 15) is 9.59 Å². The lowest BCUT2D eigenvalue weighted by Crippen LogP contribution is -2.40. The smallest absolute Gasteiger partial charge is 0.410 e. The molecule has 33 heavy (non-hydrogen) atoms. The number of amides is 2. The molecule has 1 fully saturated rings. The number of nitrogens with zero attached hydrogens (tertiary/aromatic N) is 1. The van der Waals surface area contributed by atoms with Crippen LogP contribution in [0.5, 0.6) is 0 Å². The minimum atomic E-state index is -0.500. The molecule has 2 amide bonds. The van der Waals surface area contributed by atoms with Crippen LogP contribution in [0.1, 0.15) is 62.0 Å². The Balaban J connectivity index is 1.91.